The van der Waals surface area contributed by atoms with Crippen molar-refractivity contribution in [1.82, 2.24) is 4.98 Å². The molecule has 6 rings (SSSR count). The van der Waals surface area contributed by atoms with Gasteiger partial charge in [0.2, 0.25) is 0 Å². The van der Waals surface area contributed by atoms with Gasteiger partial charge in [-0.15, -0.1) is 0 Å². The molecule has 1 aromatic heterocycles. The monoisotopic (exact) mass is 627 g/mol. The molecule has 4 aromatic rings. The van der Waals surface area contributed by atoms with Crippen LogP contribution in [-0.4, -0.2) is 36.0 Å². The zero-order valence-corrected chi connectivity index (χ0v) is 26.4. The van der Waals surface area contributed by atoms with Crippen molar-refractivity contribution in [2.45, 2.75) is 53.2 Å². The Morgan fingerprint density at radius 3 is 2.46 bits per heavy atom. The van der Waals surface area contributed by atoms with E-state index in [1.807, 2.05) is 44.0 Å². The van der Waals surface area contributed by atoms with Crippen LogP contribution in [0.3, 0.4) is 0 Å². The first-order valence-corrected chi connectivity index (χ1v) is 15.1. The summed E-state index contributed by atoms with van der Waals surface area (Å²) in [7, 11) is 0. The smallest absolute Gasteiger partial charge is 0.281 e. The van der Waals surface area contributed by atoms with E-state index in [1.54, 1.807) is 44.2 Å². The summed E-state index contributed by atoms with van der Waals surface area (Å²) < 4.78 is 33.4. The fourth-order valence-electron chi connectivity index (χ4n) is 5.99. The third kappa shape index (κ3) is 6.25. The minimum Gasteiger partial charge on any atom is -0.506 e. The number of phenols is 1. The molecule has 1 fully saturated rings. The number of benzene rings is 3. The summed E-state index contributed by atoms with van der Waals surface area (Å²) in [6.07, 6.45) is 1.48. The van der Waals surface area contributed by atoms with Gasteiger partial charge in [0.1, 0.15) is 42.2 Å². The van der Waals surface area contributed by atoms with Crippen LogP contribution in [-0.2, 0) is 16.1 Å². The molecule has 46 heavy (non-hydrogen) atoms. The van der Waals surface area contributed by atoms with Crippen LogP contribution in [0.5, 0.6) is 11.5 Å². The molecule has 10 heteroatoms. The summed E-state index contributed by atoms with van der Waals surface area (Å²) in [5, 5.41) is 14.5. The summed E-state index contributed by atoms with van der Waals surface area (Å²) >= 11 is 0. The Morgan fingerprint density at radius 2 is 1.85 bits per heavy atom. The minimum atomic E-state index is -0.873. The lowest BCUT2D eigenvalue weighted by Crippen LogP contribution is -2.43. The average molecular weight is 628 g/mol. The first-order valence-electron chi connectivity index (χ1n) is 15.1. The van der Waals surface area contributed by atoms with Crippen molar-refractivity contribution in [3.63, 3.8) is 0 Å². The van der Waals surface area contributed by atoms with Crippen LogP contribution < -0.4 is 15.0 Å². The highest BCUT2D eigenvalue weighted by Gasteiger charge is 2.42. The number of fused-ring (bicyclic) bond motifs is 1. The van der Waals surface area contributed by atoms with E-state index < -0.39 is 17.8 Å². The number of halogens is 1. The molecular formula is C36H38FN3O6. The van der Waals surface area contributed by atoms with E-state index in [1.165, 1.54) is 11.0 Å². The number of aromatic hydroxyl groups is 1. The quantitative estimate of drug-likeness (QED) is 0.194. The highest BCUT2D eigenvalue weighted by molar-refractivity contribution is 6.09. The molecule has 0 radical (unpaired) electrons. The Balaban J connectivity index is 0.00000204. The van der Waals surface area contributed by atoms with Gasteiger partial charge in [0.15, 0.2) is 11.6 Å². The Kier molecular flexibility index (Phi) is 9.57. The van der Waals surface area contributed by atoms with Gasteiger partial charge >= 0.3 is 0 Å². The molecule has 1 amide bonds. The van der Waals surface area contributed by atoms with Crippen LogP contribution in [0.4, 0.5) is 15.8 Å². The third-order valence-electron chi connectivity index (χ3n) is 8.66. The molecule has 3 heterocycles. The number of para-hydroxylation sites is 1. The van der Waals surface area contributed by atoms with Crippen LogP contribution in [0.25, 0.3) is 0 Å². The molecular weight excluding hydrogens is 589 g/mol. The number of carbonyl (C=O) groups excluding carboxylic acids is 2. The van der Waals surface area contributed by atoms with Gasteiger partial charge < -0.3 is 29.1 Å². The standard InChI is InChI=1S/C35H36FN3O5.CH2O/c1-5-35(19-42-20-35)17-28-21(2)33(26-15-14-25(16-27(26)36)43-18-24-10-7-6-8-11-24)39(29-12-9-13-30(40)32(29)38-28)34(41)31-22(3)44-23(4)37-31;1-2/h6-16,33,38,40H,5,17-20H2,1-4H3;1H2. The fraction of sp³-hybridized carbons (Fsp3) is 0.306. The summed E-state index contributed by atoms with van der Waals surface area (Å²) in [5.74, 6) is 0.0542. The molecule has 9 nitrogen and oxygen atoms in total. The molecule has 0 bridgehead atoms. The SMILES string of the molecule is C=O.CCC1(CC2=C(C)C(c3ccc(OCc4ccccc4)cc3F)N(C(=O)c3nc(C)oc3C)c3cccc(O)c3N2)COC1. The van der Waals surface area contributed by atoms with Crippen molar-refractivity contribution >= 4 is 24.1 Å². The van der Waals surface area contributed by atoms with Crippen molar-refractivity contribution in [1.29, 1.82) is 0 Å². The summed E-state index contributed by atoms with van der Waals surface area (Å²) in [6.45, 7) is 10.9. The van der Waals surface area contributed by atoms with E-state index in [4.69, 9.17) is 18.7 Å². The maximum atomic E-state index is 16.3. The Morgan fingerprint density at radius 1 is 1.11 bits per heavy atom. The number of hydrogen-bond acceptors (Lipinski definition) is 8. The molecule has 0 spiro atoms. The predicted octanol–water partition coefficient (Wildman–Crippen LogP) is 7.43. The molecule has 1 saturated heterocycles. The Labute approximate surface area is 267 Å². The van der Waals surface area contributed by atoms with E-state index >= 15 is 4.39 Å². The zero-order chi connectivity index (χ0) is 33.0. The number of aryl methyl sites for hydroxylation is 2. The Bertz CT molecular complexity index is 1740. The van der Waals surface area contributed by atoms with E-state index in [-0.39, 0.29) is 22.4 Å². The molecule has 2 aliphatic heterocycles. The van der Waals surface area contributed by atoms with E-state index in [0.29, 0.717) is 55.0 Å². The normalized spacial score (nSPS) is 16.7. The fourth-order valence-corrected chi connectivity index (χ4v) is 5.99. The van der Waals surface area contributed by atoms with Gasteiger partial charge in [-0.25, -0.2) is 9.37 Å². The van der Waals surface area contributed by atoms with Crippen LogP contribution in [0, 0.1) is 25.1 Å². The Hall–Kier alpha value is -4.96. The lowest BCUT2D eigenvalue weighted by atomic mass is 9.77. The van der Waals surface area contributed by atoms with Gasteiger partial charge in [0.25, 0.3) is 5.91 Å². The number of rotatable bonds is 8. The van der Waals surface area contributed by atoms with Crippen molar-refractivity contribution in [3.8, 4) is 11.5 Å². The topological polar surface area (TPSA) is 114 Å². The van der Waals surface area contributed by atoms with Crippen molar-refractivity contribution in [2.24, 2.45) is 5.41 Å². The van der Waals surface area contributed by atoms with Crippen LogP contribution in [0.1, 0.15) is 66.0 Å². The van der Waals surface area contributed by atoms with Gasteiger partial charge in [0.05, 0.1) is 24.9 Å². The second-order valence-electron chi connectivity index (χ2n) is 11.7. The molecule has 0 aliphatic carbocycles. The van der Waals surface area contributed by atoms with E-state index in [2.05, 4.69) is 17.2 Å². The largest absolute Gasteiger partial charge is 0.506 e. The van der Waals surface area contributed by atoms with E-state index in [0.717, 1.165) is 23.3 Å². The van der Waals surface area contributed by atoms with Gasteiger partial charge in [0, 0.05) is 29.7 Å². The number of phenolic OH excluding ortho intramolecular Hbond substituents is 1. The van der Waals surface area contributed by atoms with Crippen molar-refractivity contribution < 1.29 is 33.0 Å². The molecule has 1 atom stereocenters. The van der Waals surface area contributed by atoms with Crippen LogP contribution in [0.2, 0.25) is 0 Å². The molecule has 2 aliphatic rings. The highest BCUT2D eigenvalue weighted by atomic mass is 19.1. The summed E-state index contributed by atoms with van der Waals surface area (Å²) in [6, 6.07) is 18.5. The minimum absolute atomic E-state index is 0.0279. The second kappa shape index (κ2) is 13.6. The lowest BCUT2D eigenvalue weighted by Gasteiger charge is -2.42. The van der Waals surface area contributed by atoms with Crippen LogP contribution in [0.15, 0.2) is 82.4 Å². The van der Waals surface area contributed by atoms with Gasteiger partial charge in [-0.2, -0.15) is 0 Å². The number of nitrogens with zero attached hydrogens (tertiary/aromatic N) is 2. The van der Waals surface area contributed by atoms with Gasteiger partial charge in [-0.05, 0) is 62.1 Å². The zero-order valence-electron chi connectivity index (χ0n) is 26.4. The lowest BCUT2D eigenvalue weighted by molar-refractivity contribution is -0.114. The summed E-state index contributed by atoms with van der Waals surface area (Å²) in [4.78, 5) is 28.3. The number of nitrogens with one attached hydrogen (secondary N) is 1. The molecule has 240 valence electrons. The first-order chi connectivity index (χ1) is 22.2. The van der Waals surface area contributed by atoms with Gasteiger partial charge in [-0.3, -0.25) is 9.69 Å². The maximum Gasteiger partial charge on any atom is 0.281 e. The number of aromatic nitrogens is 1. The van der Waals surface area contributed by atoms with E-state index in [9.17, 15) is 9.90 Å². The van der Waals surface area contributed by atoms with Crippen molar-refractivity contribution in [3.05, 3.63) is 112 Å². The number of hydrogen-bond donors (Lipinski definition) is 2. The second-order valence-corrected chi connectivity index (χ2v) is 11.7. The predicted molar refractivity (Wildman–Crippen MR) is 172 cm³/mol. The average Bonchev–Trinajstić information content (AvgIpc) is 3.33. The molecule has 3 aromatic carbocycles. The summed E-state index contributed by atoms with van der Waals surface area (Å²) in [5.41, 5.74) is 3.57. The number of ether oxygens (including phenoxy) is 2. The third-order valence-corrected chi connectivity index (χ3v) is 8.66. The van der Waals surface area contributed by atoms with Crippen molar-refractivity contribution in [2.75, 3.05) is 23.4 Å². The number of amides is 1. The maximum absolute atomic E-state index is 16.3. The number of allylic oxidation sites excluding steroid dienone is 1. The number of anilines is 2. The number of oxazole rings is 1. The highest BCUT2D eigenvalue weighted by Crippen LogP contribution is 2.49. The number of carbonyl (C=O) groups is 2. The van der Waals surface area contributed by atoms with Gasteiger partial charge in [-0.1, -0.05) is 43.3 Å². The van der Waals surface area contributed by atoms with Crippen LogP contribution >= 0.6 is 0 Å². The molecule has 0 saturated carbocycles. The first kappa shape index (κ1) is 32.4. The molecule has 1 unspecified atom stereocenters. The molecule has 2 N–H and O–H groups in total.